The molecule has 3 heteroatoms. The first-order chi connectivity index (χ1) is 7.88. The second-order valence-electron chi connectivity index (χ2n) is 6.29. The lowest BCUT2D eigenvalue weighted by Crippen LogP contribution is -2.37. The van der Waals surface area contributed by atoms with Gasteiger partial charge in [-0.05, 0) is 42.7 Å². The highest BCUT2D eigenvalue weighted by Gasteiger charge is 2.35. The number of rotatable bonds is 1. The van der Waals surface area contributed by atoms with Gasteiger partial charge in [-0.1, -0.05) is 32.4 Å². The molecular weight excluding hydrogens is 250 g/mol. The van der Waals surface area contributed by atoms with Gasteiger partial charge in [0, 0.05) is 16.8 Å². The van der Waals surface area contributed by atoms with Gasteiger partial charge in [-0.2, -0.15) is 0 Å². The number of thiophene rings is 1. The van der Waals surface area contributed by atoms with Gasteiger partial charge in [0.2, 0.25) is 0 Å². The Balaban J connectivity index is 2.15. The maximum atomic E-state index is 6.29. The molecule has 1 nitrogen and oxygen atoms in total. The molecule has 0 spiro atoms. The molecule has 0 saturated heterocycles. The average Bonchev–Trinajstić information content (AvgIpc) is 2.63. The SMILES string of the molecule is CC(C)(C)C1CCC(N)C(c2ccc(Cl)s2)C1. The quantitative estimate of drug-likeness (QED) is 0.790. The van der Waals surface area contributed by atoms with Gasteiger partial charge in [-0.3, -0.25) is 0 Å². The van der Waals surface area contributed by atoms with Crippen LogP contribution in [0.2, 0.25) is 4.34 Å². The Hall–Kier alpha value is -0.0500. The fourth-order valence-electron chi connectivity index (χ4n) is 2.84. The third-order valence-electron chi connectivity index (χ3n) is 4.09. The Morgan fingerprint density at radius 1 is 1.29 bits per heavy atom. The summed E-state index contributed by atoms with van der Waals surface area (Å²) in [5.74, 6) is 1.28. The molecule has 1 fully saturated rings. The Labute approximate surface area is 113 Å². The van der Waals surface area contributed by atoms with E-state index in [1.165, 1.54) is 17.7 Å². The summed E-state index contributed by atoms with van der Waals surface area (Å²) >= 11 is 7.73. The predicted molar refractivity (Wildman–Crippen MR) is 76.8 cm³/mol. The van der Waals surface area contributed by atoms with E-state index in [-0.39, 0.29) is 0 Å². The summed E-state index contributed by atoms with van der Waals surface area (Å²) in [6.07, 6.45) is 3.61. The van der Waals surface area contributed by atoms with Crippen molar-refractivity contribution in [1.82, 2.24) is 0 Å². The molecule has 3 atom stereocenters. The van der Waals surface area contributed by atoms with Crippen LogP contribution in [0.3, 0.4) is 0 Å². The van der Waals surface area contributed by atoms with Crippen LogP contribution in [0.4, 0.5) is 0 Å². The zero-order valence-electron chi connectivity index (χ0n) is 10.9. The smallest absolute Gasteiger partial charge is 0.0931 e. The van der Waals surface area contributed by atoms with E-state index >= 15 is 0 Å². The van der Waals surface area contributed by atoms with Crippen LogP contribution in [0.25, 0.3) is 0 Å². The summed E-state index contributed by atoms with van der Waals surface area (Å²) in [7, 11) is 0. The number of hydrogen-bond acceptors (Lipinski definition) is 2. The van der Waals surface area contributed by atoms with Crippen LogP contribution in [0, 0.1) is 11.3 Å². The first kappa shape index (κ1) is 13.4. The third kappa shape index (κ3) is 3.04. The van der Waals surface area contributed by atoms with Gasteiger partial charge in [0.25, 0.3) is 0 Å². The Morgan fingerprint density at radius 2 is 2.00 bits per heavy atom. The summed E-state index contributed by atoms with van der Waals surface area (Å²) in [5, 5.41) is 0. The fourth-order valence-corrected chi connectivity index (χ4v) is 4.09. The maximum absolute atomic E-state index is 6.29. The summed E-state index contributed by atoms with van der Waals surface area (Å²) in [6.45, 7) is 7.02. The lowest BCUT2D eigenvalue weighted by atomic mass is 9.67. The molecular formula is C14H22ClNS. The van der Waals surface area contributed by atoms with Crippen LogP contribution in [0.15, 0.2) is 12.1 Å². The van der Waals surface area contributed by atoms with Gasteiger partial charge < -0.3 is 5.73 Å². The Kier molecular flexibility index (Phi) is 3.86. The van der Waals surface area contributed by atoms with Gasteiger partial charge >= 0.3 is 0 Å². The van der Waals surface area contributed by atoms with Gasteiger partial charge in [-0.25, -0.2) is 0 Å². The van der Waals surface area contributed by atoms with Crippen molar-refractivity contribution in [3.63, 3.8) is 0 Å². The predicted octanol–water partition coefficient (Wildman–Crippen LogP) is 4.66. The number of hydrogen-bond donors (Lipinski definition) is 1. The van der Waals surface area contributed by atoms with Crippen molar-refractivity contribution in [3.05, 3.63) is 21.3 Å². The first-order valence-corrected chi connectivity index (χ1v) is 7.58. The van der Waals surface area contributed by atoms with Crippen LogP contribution < -0.4 is 5.73 Å². The molecule has 96 valence electrons. The number of halogens is 1. The van der Waals surface area contributed by atoms with Gasteiger partial charge in [0.1, 0.15) is 0 Å². The molecule has 1 heterocycles. The van der Waals surface area contributed by atoms with E-state index in [4.69, 9.17) is 17.3 Å². The van der Waals surface area contributed by atoms with Crippen molar-refractivity contribution < 1.29 is 0 Å². The summed E-state index contributed by atoms with van der Waals surface area (Å²) in [6, 6.07) is 4.46. The van der Waals surface area contributed by atoms with Crippen molar-refractivity contribution in [1.29, 1.82) is 0 Å². The van der Waals surface area contributed by atoms with E-state index in [9.17, 15) is 0 Å². The van der Waals surface area contributed by atoms with Crippen molar-refractivity contribution in [2.45, 2.75) is 52.0 Å². The van der Waals surface area contributed by atoms with E-state index in [1.807, 2.05) is 6.07 Å². The van der Waals surface area contributed by atoms with Crippen molar-refractivity contribution in [3.8, 4) is 0 Å². The molecule has 0 radical (unpaired) electrons. The second kappa shape index (κ2) is 4.91. The van der Waals surface area contributed by atoms with Gasteiger partial charge in [0.05, 0.1) is 4.34 Å². The zero-order valence-corrected chi connectivity index (χ0v) is 12.4. The summed E-state index contributed by atoms with van der Waals surface area (Å²) in [4.78, 5) is 1.37. The number of nitrogens with two attached hydrogens (primary N) is 1. The average molecular weight is 272 g/mol. The van der Waals surface area contributed by atoms with Gasteiger partial charge in [-0.15, -0.1) is 11.3 Å². The Bertz CT molecular complexity index is 380. The minimum atomic E-state index is 0.309. The lowest BCUT2D eigenvalue weighted by Gasteiger charge is -2.40. The van der Waals surface area contributed by atoms with Crippen LogP contribution >= 0.6 is 22.9 Å². The standard InChI is InChI=1S/C14H22ClNS/c1-14(2,3)9-4-5-11(16)10(8-9)12-6-7-13(15)17-12/h6-7,9-11H,4-5,8,16H2,1-3H3. The highest BCUT2D eigenvalue weighted by atomic mass is 35.5. The van der Waals surface area contributed by atoms with Crippen LogP contribution in [-0.4, -0.2) is 6.04 Å². The molecule has 2 N–H and O–H groups in total. The molecule has 1 aliphatic carbocycles. The summed E-state index contributed by atoms with van der Waals surface area (Å²) < 4.78 is 0.880. The van der Waals surface area contributed by atoms with Crippen molar-refractivity contribution >= 4 is 22.9 Å². The second-order valence-corrected chi connectivity index (χ2v) is 8.03. The van der Waals surface area contributed by atoms with E-state index in [2.05, 4.69) is 26.8 Å². The topological polar surface area (TPSA) is 26.0 Å². The molecule has 2 rings (SSSR count). The van der Waals surface area contributed by atoms with Crippen molar-refractivity contribution in [2.75, 3.05) is 0 Å². The third-order valence-corrected chi connectivity index (χ3v) is 5.45. The molecule has 0 aromatic carbocycles. The first-order valence-electron chi connectivity index (χ1n) is 6.38. The van der Waals surface area contributed by atoms with Crippen molar-refractivity contribution in [2.24, 2.45) is 17.1 Å². The molecule has 0 aliphatic heterocycles. The molecule has 1 aromatic heterocycles. The normalized spacial score (nSPS) is 30.5. The maximum Gasteiger partial charge on any atom is 0.0931 e. The fraction of sp³-hybridized carbons (Fsp3) is 0.714. The van der Waals surface area contributed by atoms with Crippen LogP contribution in [-0.2, 0) is 0 Å². The molecule has 1 aromatic rings. The van der Waals surface area contributed by atoms with E-state index in [0.717, 1.165) is 16.7 Å². The minimum Gasteiger partial charge on any atom is -0.327 e. The molecule has 0 amide bonds. The highest BCUT2D eigenvalue weighted by Crippen LogP contribution is 2.45. The van der Waals surface area contributed by atoms with E-state index in [0.29, 0.717) is 17.4 Å². The molecule has 17 heavy (non-hydrogen) atoms. The monoisotopic (exact) mass is 271 g/mol. The van der Waals surface area contributed by atoms with E-state index < -0.39 is 0 Å². The van der Waals surface area contributed by atoms with Crippen LogP contribution in [0.1, 0.15) is 50.8 Å². The largest absolute Gasteiger partial charge is 0.327 e. The van der Waals surface area contributed by atoms with Crippen LogP contribution in [0.5, 0.6) is 0 Å². The minimum absolute atomic E-state index is 0.309. The Morgan fingerprint density at radius 3 is 2.53 bits per heavy atom. The molecule has 3 unspecified atom stereocenters. The van der Waals surface area contributed by atoms with E-state index in [1.54, 1.807) is 11.3 Å². The lowest BCUT2D eigenvalue weighted by molar-refractivity contribution is 0.155. The summed E-state index contributed by atoms with van der Waals surface area (Å²) in [5.41, 5.74) is 6.68. The molecule has 1 saturated carbocycles. The molecule has 0 bridgehead atoms. The zero-order chi connectivity index (χ0) is 12.6. The molecule has 1 aliphatic rings. The van der Waals surface area contributed by atoms with Gasteiger partial charge in [0.15, 0.2) is 0 Å². The highest BCUT2D eigenvalue weighted by molar-refractivity contribution is 7.16.